The molecular weight excluding hydrogens is 685 g/mol. The lowest BCUT2D eigenvalue weighted by Gasteiger charge is -2.38. The quantitative estimate of drug-likeness (QED) is 0.304. The topological polar surface area (TPSA) is 88.2 Å². The molecule has 49 heavy (non-hydrogen) atoms. The molecule has 4 aliphatic heterocycles. The molecule has 7 rings (SSSR count). The maximum absolute atomic E-state index is 15.4. The monoisotopic (exact) mass is 733 g/mol. The summed E-state index contributed by atoms with van der Waals surface area (Å²) < 4.78 is 58.9. The molecule has 2 aromatic carbocycles. The Morgan fingerprint density at radius 2 is 1.98 bits per heavy atom. The molecule has 1 amide bonds. The highest BCUT2D eigenvalue weighted by Gasteiger charge is 2.35. The molecule has 6 unspecified atom stereocenters. The number of hydrogen-bond acceptors (Lipinski definition) is 6. The van der Waals surface area contributed by atoms with Crippen molar-refractivity contribution in [2.24, 2.45) is 11.8 Å². The van der Waals surface area contributed by atoms with Crippen LogP contribution in [-0.2, 0) is 33.1 Å². The number of fused-ring (bicyclic) bond motifs is 7. The molecular formula is C37H49ClFN3O5S2. The molecule has 7 atom stereocenters. The normalized spacial score (nSPS) is 29.4. The van der Waals surface area contributed by atoms with Gasteiger partial charge >= 0.3 is 0 Å². The SMILES string of the molecule is CCCc1c(C2COc3ccc4cc3N(CCC(CC)C(OCCN3CCCS3=O)C3=C[C@@H](C3)CC(C)S(=O)NC4=O)C2)ccc(Cl)c1F. The number of anilines is 1. The summed E-state index contributed by atoms with van der Waals surface area (Å²) in [5, 5.41) is -0.0950. The van der Waals surface area contributed by atoms with Crippen LogP contribution in [0.15, 0.2) is 42.0 Å². The Kier molecular flexibility index (Phi) is 12.2. The number of ether oxygens (including phenoxy) is 2. The van der Waals surface area contributed by atoms with E-state index in [4.69, 9.17) is 21.1 Å². The van der Waals surface area contributed by atoms with Gasteiger partial charge in [-0.3, -0.25) is 9.52 Å². The number of hydrogen-bond donors (Lipinski definition) is 1. The predicted molar refractivity (Wildman–Crippen MR) is 196 cm³/mol. The van der Waals surface area contributed by atoms with Gasteiger partial charge in [-0.2, -0.15) is 0 Å². The molecule has 0 saturated carbocycles. The third kappa shape index (κ3) is 8.27. The van der Waals surface area contributed by atoms with E-state index in [-0.39, 0.29) is 45.9 Å². The molecule has 1 N–H and O–H groups in total. The van der Waals surface area contributed by atoms with Crippen LogP contribution >= 0.6 is 11.6 Å². The van der Waals surface area contributed by atoms with E-state index >= 15 is 4.39 Å². The summed E-state index contributed by atoms with van der Waals surface area (Å²) in [5.41, 5.74) is 4.00. The van der Waals surface area contributed by atoms with Crippen molar-refractivity contribution in [3.8, 4) is 5.75 Å². The maximum atomic E-state index is 15.4. The first-order valence-corrected chi connectivity index (χ1v) is 20.7. The molecule has 268 valence electrons. The van der Waals surface area contributed by atoms with Crippen molar-refractivity contribution in [1.29, 1.82) is 0 Å². The highest BCUT2D eigenvalue weighted by Crippen LogP contribution is 2.41. The standard InChI is InChI=1S/C37H49ClFN3O5S2/c1-4-7-31-30(9-10-32(38)35(31)39)29-22-41-14-12-26(5-2)36(46-16-15-42-13-6-17-48(42)44)28-19-25(20-28)18-24(3)49(45)40-37(43)27-8-11-34(47-23-29)33(41)21-27/h8-11,19,21,24-26,29,36H,4-7,12-18,20,22-23H2,1-3H3,(H,40,43)/t24?,25-,26?,29?,36?,48?,49?/m0/s1. The zero-order valence-corrected chi connectivity index (χ0v) is 31.1. The highest BCUT2D eigenvalue weighted by molar-refractivity contribution is 7.84. The fourth-order valence-electron chi connectivity index (χ4n) is 7.76. The van der Waals surface area contributed by atoms with Crippen molar-refractivity contribution in [2.45, 2.75) is 83.0 Å². The van der Waals surface area contributed by atoms with E-state index in [1.165, 1.54) is 5.57 Å². The summed E-state index contributed by atoms with van der Waals surface area (Å²) in [6, 6.07) is 8.93. The Balaban J connectivity index is 1.33. The Hall–Kier alpha value is -2.31. The smallest absolute Gasteiger partial charge is 0.263 e. The van der Waals surface area contributed by atoms with Gasteiger partial charge in [0.25, 0.3) is 5.91 Å². The summed E-state index contributed by atoms with van der Waals surface area (Å²) in [5.74, 6) is 0.991. The van der Waals surface area contributed by atoms with E-state index in [1.54, 1.807) is 12.1 Å². The Labute approximate surface area is 300 Å². The van der Waals surface area contributed by atoms with Crippen molar-refractivity contribution in [3.63, 3.8) is 0 Å². The van der Waals surface area contributed by atoms with Crippen molar-refractivity contribution in [2.75, 3.05) is 50.0 Å². The molecule has 1 saturated heterocycles. The molecule has 0 radical (unpaired) electrons. The minimum absolute atomic E-state index is 0.0722. The third-order valence-electron chi connectivity index (χ3n) is 10.5. The van der Waals surface area contributed by atoms with E-state index in [0.29, 0.717) is 62.6 Å². The van der Waals surface area contributed by atoms with Crippen molar-refractivity contribution >= 4 is 45.2 Å². The summed E-state index contributed by atoms with van der Waals surface area (Å²) in [6.45, 7) is 9.73. The van der Waals surface area contributed by atoms with Gasteiger partial charge in [-0.15, -0.1) is 0 Å². The van der Waals surface area contributed by atoms with Gasteiger partial charge in [0, 0.05) is 43.4 Å². The summed E-state index contributed by atoms with van der Waals surface area (Å²) in [7, 11) is -2.48. The fraction of sp³-hybridized carbons (Fsp3) is 0.595. The van der Waals surface area contributed by atoms with Gasteiger partial charge in [-0.1, -0.05) is 50.4 Å². The summed E-state index contributed by atoms with van der Waals surface area (Å²) in [4.78, 5) is 15.7. The zero-order chi connectivity index (χ0) is 34.7. The Morgan fingerprint density at radius 3 is 2.71 bits per heavy atom. The van der Waals surface area contributed by atoms with Gasteiger partial charge in [0.15, 0.2) is 0 Å². The van der Waals surface area contributed by atoms with Crippen LogP contribution < -0.4 is 14.4 Å². The van der Waals surface area contributed by atoms with E-state index in [1.807, 2.05) is 36.4 Å². The first-order chi connectivity index (χ1) is 23.7. The number of amides is 1. The molecule has 0 spiro atoms. The van der Waals surface area contributed by atoms with E-state index in [9.17, 15) is 13.2 Å². The molecule has 2 aromatic rings. The first-order valence-electron chi connectivity index (χ1n) is 17.8. The number of halogens is 2. The molecule has 0 aromatic heterocycles. The first kappa shape index (κ1) is 36.5. The maximum Gasteiger partial charge on any atom is 0.263 e. The van der Waals surface area contributed by atoms with Crippen LogP contribution in [0.5, 0.6) is 5.75 Å². The van der Waals surface area contributed by atoms with Gasteiger partial charge in [0.2, 0.25) is 0 Å². The molecule has 12 heteroatoms. The van der Waals surface area contributed by atoms with E-state index in [2.05, 4.69) is 22.6 Å². The summed E-state index contributed by atoms with van der Waals surface area (Å²) >= 11 is 6.24. The number of carbonyl (C=O) groups excluding carboxylic acids is 1. The second-order valence-electron chi connectivity index (χ2n) is 13.9. The van der Waals surface area contributed by atoms with Gasteiger partial charge in [-0.05, 0) is 91.8 Å². The van der Waals surface area contributed by atoms with Crippen molar-refractivity contribution in [1.82, 2.24) is 9.03 Å². The molecule has 8 nitrogen and oxygen atoms in total. The lowest BCUT2D eigenvalue weighted by atomic mass is 9.76. The largest absolute Gasteiger partial charge is 0.491 e. The third-order valence-corrected chi connectivity index (χ3v) is 13.7. The number of benzene rings is 2. The summed E-state index contributed by atoms with van der Waals surface area (Å²) in [6.07, 6.45) is 7.84. The fourth-order valence-corrected chi connectivity index (χ4v) is 10.1. The van der Waals surface area contributed by atoms with Gasteiger partial charge in [0.05, 0.1) is 46.3 Å². The molecule has 1 aliphatic carbocycles. The van der Waals surface area contributed by atoms with Crippen LogP contribution in [0.1, 0.15) is 86.7 Å². The van der Waals surface area contributed by atoms with Crippen molar-refractivity contribution < 1.29 is 27.1 Å². The van der Waals surface area contributed by atoms with E-state index < -0.39 is 22.0 Å². The van der Waals surface area contributed by atoms with Crippen LogP contribution in [0.3, 0.4) is 0 Å². The van der Waals surface area contributed by atoms with Gasteiger partial charge in [-0.25, -0.2) is 17.1 Å². The van der Waals surface area contributed by atoms with Gasteiger partial charge < -0.3 is 14.4 Å². The second kappa shape index (κ2) is 16.4. The van der Waals surface area contributed by atoms with Gasteiger partial charge in [0.1, 0.15) is 22.6 Å². The lowest BCUT2D eigenvalue weighted by molar-refractivity contribution is 0.0226. The Bertz CT molecular complexity index is 1610. The molecule has 5 aliphatic rings. The molecule has 4 heterocycles. The lowest BCUT2D eigenvalue weighted by Crippen LogP contribution is -2.38. The van der Waals surface area contributed by atoms with Crippen LogP contribution in [0, 0.1) is 17.7 Å². The minimum atomic E-state index is -1.55. The number of allylic oxidation sites excluding steroid dienone is 1. The number of nitrogens with zero attached hydrogens (tertiary/aromatic N) is 2. The highest BCUT2D eigenvalue weighted by atomic mass is 35.5. The predicted octanol–water partition coefficient (Wildman–Crippen LogP) is 6.72. The average Bonchev–Trinajstić information content (AvgIpc) is 3.39. The van der Waals surface area contributed by atoms with Crippen LogP contribution in [-0.4, -0.2) is 75.1 Å². The van der Waals surface area contributed by atoms with E-state index in [0.717, 1.165) is 55.7 Å². The molecule has 4 bridgehead atoms. The zero-order valence-electron chi connectivity index (χ0n) is 28.8. The number of nitrogens with one attached hydrogen (secondary N) is 1. The Morgan fingerprint density at radius 1 is 1.16 bits per heavy atom. The van der Waals surface area contributed by atoms with Crippen LogP contribution in [0.2, 0.25) is 5.02 Å². The molecule has 1 fully saturated rings. The average molecular weight is 734 g/mol. The van der Waals surface area contributed by atoms with Crippen LogP contribution in [0.25, 0.3) is 0 Å². The van der Waals surface area contributed by atoms with Crippen LogP contribution in [0.4, 0.5) is 10.1 Å². The minimum Gasteiger partial charge on any atom is -0.491 e. The van der Waals surface area contributed by atoms with Crippen molar-refractivity contribution in [3.05, 3.63) is 69.5 Å². The second-order valence-corrected chi connectivity index (χ2v) is 17.4. The number of carbonyl (C=O) groups is 1. The number of rotatable bonds is 8.